The van der Waals surface area contributed by atoms with E-state index in [9.17, 15) is 19.3 Å². The molecule has 0 heterocycles. The Morgan fingerprint density at radius 3 is 2.72 bits per heavy atom. The first-order valence-electron chi connectivity index (χ1n) is 7.34. The lowest BCUT2D eigenvalue weighted by Crippen LogP contribution is -2.21. The monoisotopic (exact) mass is 361 g/mol. The van der Waals surface area contributed by atoms with Crippen molar-refractivity contribution in [1.29, 1.82) is 0 Å². The standard InChI is InChI=1S/C17H16FN3O3S/c1-11-7-8-13(9-15(11)21(23)24)12(2)19-20-17(22)10-25-16-6-4-3-5-14(16)18/h3-9H,10H2,1-2H3,(H,20,22)/b19-12-. The van der Waals surface area contributed by atoms with Gasteiger partial charge in [-0.25, -0.2) is 9.82 Å². The molecule has 0 aromatic heterocycles. The van der Waals surface area contributed by atoms with Crippen LogP contribution >= 0.6 is 11.8 Å². The topological polar surface area (TPSA) is 84.6 Å². The zero-order valence-electron chi connectivity index (χ0n) is 13.7. The highest BCUT2D eigenvalue weighted by Crippen LogP contribution is 2.21. The van der Waals surface area contributed by atoms with Gasteiger partial charge in [-0.15, -0.1) is 11.8 Å². The second-order valence-corrected chi connectivity index (χ2v) is 6.23. The highest BCUT2D eigenvalue weighted by Gasteiger charge is 2.12. The van der Waals surface area contributed by atoms with E-state index in [1.807, 2.05) is 0 Å². The third kappa shape index (κ3) is 5.12. The van der Waals surface area contributed by atoms with Gasteiger partial charge in [-0.2, -0.15) is 5.10 Å². The van der Waals surface area contributed by atoms with Crippen LogP contribution in [-0.2, 0) is 4.79 Å². The van der Waals surface area contributed by atoms with Gasteiger partial charge in [0, 0.05) is 22.1 Å². The predicted molar refractivity (Wildman–Crippen MR) is 95.3 cm³/mol. The Balaban J connectivity index is 1.99. The number of nitro benzene ring substituents is 1. The number of rotatable bonds is 6. The van der Waals surface area contributed by atoms with Crippen molar-refractivity contribution in [1.82, 2.24) is 5.43 Å². The van der Waals surface area contributed by atoms with Crippen molar-refractivity contribution in [3.05, 3.63) is 69.5 Å². The predicted octanol–water partition coefficient (Wildman–Crippen LogP) is 3.67. The molecule has 0 saturated heterocycles. The number of halogens is 1. The van der Waals surface area contributed by atoms with Crippen molar-refractivity contribution < 1.29 is 14.1 Å². The van der Waals surface area contributed by atoms with E-state index in [1.54, 1.807) is 44.2 Å². The largest absolute Gasteiger partial charge is 0.272 e. The molecule has 25 heavy (non-hydrogen) atoms. The maximum Gasteiger partial charge on any atom is 0.272 e. The van der Waals surface area contributed by atoms with Crippen LogP contribution in [0.3, 0.4) is 0 Å². The van der Waals surface area contributed by atoms with Crippen LogP contribution in [0, 0.1) is 22.9 Å². The van der Waals surface area contributed by atoms with Gasteiger partial charge in [-0.05, 0) is 26.0 Å². The van der Waals surface area contributed by atoms with Crippen LogP contribution in [0.4, 0.5) is 10.1 Å². The van der Waals surface area contributed by atoms with Gasteiger partial charge in [0.25, 0.3) is 5.69 Å². The number of thioether (sulfide) groups is 1. The molecule has 0 bridgehead atoms. The Labute approximate surface area is 148 Å². The zero-order chi connectivity index (χ0) is 18.4. The molecule has 0 spiro atoms. The lowest BCUT2D eigenvalue weighted by atomic mass is 10.1. The SMILES string of the molecule is C/C(=N/NC(=O)CSc1ccccc1F)c1ccc(C)c([N+](=O)[O-])c1. The molecular weight excluding hydrogens is 345 g/mol. The fourth-order valence-electron chi connectivity index (χ4n) is 1.98. The highest BCUT2D eigenvalue weighted by atomic mass is 32.2. The Morgan fingerprint density at radius 2 is 2.04 bits per heavy atom. The van der Waals surface area contributed by atoms with E-state index in [0.717, 1.165) is 11.8 Å². The second kappa shape index (κ2) is 8.39. The van der Waals surface area contributed by atoms with E-state index in [1.165, 1.54) is 12.1 Å². The quantitative estimate of drug-likeness (QED) is 0.368. The minimum Gasteiger partial charge on any atom is -0.272 e. The number of nitrogens with one attached hydrogen (secondary N) is 1. The highest BCUT2D eigenvalue weighted by molar-refractivity contribution is 8.00. The maximum atomic E-state index is 13.5. The number of nitrogens with zero attached hydrogens (tertiary/aromatic N) is 2. The van der Waals surface area contributed by atoms with E-state index in [-0.39, 0.29) is 17.3 Å². The molecule has 130 valence electrons. The fraction of sp³-hybridized carbons (Fsp3) is 0.176. The molecule has 0 unspecified atom stereocenters. The third-order valence-electron chi connectivity index (χ3n) is 3.37. The van der Waals surface area contributed by atoms with Gasteiger partial charge >= 0.3 is 0 Å². The van der Waals surface area contributed by atoms with Gasteiger partial charge in [0.15, 0.2) is 0 Å². The summed E-state index contributed by atoms with van der Waals surface area (Å²) in [6, 6.07) is 10.9. The summed E-state index contributed by atoms with van der Waals surface area (Å²) in [5, 5.41) is 14.9. The van der Waals surface area contributed by atoms with Gasteiger partial charge < -0.3 is 0 Å². The Bertz CT molecular complexity index is 840. The summed E-state index contributed by atoms with van der Waals surface area (Å²) < 4.78 is 13.5. The van der Waals surface area contributed by atoms with E-state index in [0.29, 0.717) is 21.7 Å². The van der Waals surface area contributed by atoms with Crippen molar-refractivity contribution in [2.75, 3.05) is 5.75 Å². The Kier molecular flexibility index (Phi) is 6.24. The average Bonchev–Trinajstić information content (AvgIpc) is 2.59. The van der Waals surface area contributed by atoms with Gasteiger partial charge in [-0.1, -0.05) is 24.3 Å². The van der Waals surface area contributed by atoms with Gasteiger partial charge in [-0.3, -0.25) is 14.9 Å². The number of hydrogen-bond acceptors (Lipinski definition) is 5. The molecule has 0 aliphatic heterocycles. The van der Waals surface area contributed by atoms with E-state index < -0.39 is 10.8 Å². The molecule has 2 aromatic rings. The van der Waals surface area contributed by atoms with Crippen LogP contribution in [-0.4, -0.2) is 22.3 Å². The van der Waals surface area contributed by atoms with E-state index in [2.05, 4.69) is 10.5 Å². The van der Waals surface area contributed by atoms with Crippen LogP contribution in [0.5, 0.6) is 0 Å². The molecule has 0 aliphatic carbocycles. The zero-order valence-corrected chi connectivity index (χ0v) is 14.5. The maximum absolute atomic E-state index is 13.5. The molecule has 2 aromatic carbocycles. The first-order valence-corrected chi connectivity index (χ1v) is 8.33. The summed E-state index contributed by atoms with van der Waals surface area (Å²) in [6.45, 7) is 3.29. The summed E-state index contributed by atoms with van der Waals surface area (Å²) in [7, 11) is 0. The fourth-order valence-corrected chi connectivity index (χ4v) is 2.71. The van der Waals surface area contributed by atoms with Crippen LogP contribution < -0.4 is 5.43 Å². The van der Waals surface area contributed by atoms with Gasteiger partial charge in [0.05, 0.1) is 16.4 Å². The molecule has 8 heteroatoms. The first kappa shape index (κ1) is 18.6. The number of hydrazone groups is 1. The van der Waals surface area contributed by atoms with Crippen LogP contribution in [0.25, 0.3) is 0 Å². The lowest BCUT2D eigenvalue weighted by Gasteiger charge is -2.05. The second-order valence-electron chi connectivity index (χ2n) is 5.21. The molecule has 0 fully saturated rings. The molecule has 0 saturated carbocycles. The number of hydrogen-bond donors (Lipinski definition) is 1. The minimum atomic E-state index is -0.463. The van der Waals surface area contributed by atoms with Crippen molar-refractivity contribution in [2.45, 2.75) is 18.7 Å². The van der Waals surface area contributed by atoms with E-state index in [4.69, 9.17) is 0 Å². The summed E-state index contributed by atoms with van der Waals surface area (Å²) in [5.41, 5.74) is 3.89. The molecule has 1 amide bonds. The molecular formula is C17H16FN3O3S. The Morgan fingerprint density at radius 1 is 1.32 bits per heavy atom. The minimum absolute atomic E-state index is 0.00571. The molecule has 0 aliphatic rings. The lowest BCUT2D eigenvalue weighted by molar-refractivity contribution is -0.385. The molecule has 6 nitrogen and oxygen atoms in total. The number of carbonyl (C=O) groups excluding carboxylic acids is 1. The van der Waals surface area contributed by atoms with Crippen LogP contribution in [0.15, 0.2) is 52.5 Å². The Hall–Kier alpha value is -2.74. The summed E-state index contributed by atoms with van der Waals surface area (Å²) in [4.78, 5) is 22.7. The number of carbonyl (C=O) groups is 1. The summed E-state index contributed by atoms with van der Waals surface area (Å²) in [6.07, 6.45) is 0. The van der Waals surface area contributed by atoms with Crippen molar-refractivity contribution in [2.24, 2.45) is 5.10 Å². The van der Waals surface area contributed by atoms with Crippen molar-refractivity contribution >= 4 is 29.1 Å². The van der Waals surface area contributed by atoms with E-state index >= 15 is 0 Å². The summed E-state index contributed by atoms with van der Waals surface area (Å²) >= 11 is 1.07. The average molecular weight is 361 g/mol. The molecule has 0 radical (unpaired) electrons. The molecule has 2 rings (SSSR count). The van der Waals surface area contributed by atoms with Crippen molar-refractivity contribution in [3.8, 4) is 0 Å². The van der Waals surface area contributed by atoms with Crippen LogP contribution in [0.1, 0.15) is 18.1 Å². The number of amides is 1. The molecule has 0 atom stereocenters. The van der Waals surface area contributed by atoms with Crippen LogP contribution in [0.2, 0.25) is 0 Å². The molecule has 1 N–H and O–H groups in total. The van der Waals surface area contributed by atoms with Crippen molar-refractivity contribution in [3.63, 3.8) is 0 Å². The number of nitro groups is 1. The normalized spacial score (nSPS) is 11.2. The number of benzene rings is 2. The van der Waals surface area contributed by atoms with Gasteiger partial charge in [0.2, 0.25) is 5.91 Å². The smallest absolute Gasteiger partial charge is 0.272 e. The third-order valence-corrected chi connectivity index (χ3v) is 4.42. The first-order chi connectivity index (χ1) is 11.9. The number of aryl methyl sites for hydroxylation is 1. The van der Waals surface area contributed by atoms with Gasteiger partial charge in [0.1, 0.15) is 5.82 Å². The summed E-state index contributed by atoms with van der Waals surface area (Å²) in [5.74, 6) is -0.771.